The number of rotatable bonds is 5. The van der Waals surface area contributed by atoms with Crippen molar-refractivity contribution in [3.63, 3.8) is 0 Å². The molecule has 0 aliphatic carbocycles. The maximum atomic E-state index is 5.36. The molecule has 7 heteroatoms. The summed E-state index contributed by atoms with van der Waals surface area (Å²) in [5.74, 6) is 2.65. The second kappa shape index (κ2) is 5.15. The highest BCUT2D eigenvalue weighted by Gasteiger charge is 2.19. The van der Waals surface area contributed by atoms with Crippen LogP contribution in [0.1, 0.15) is 11.4 Å². The third kappa shape index (κ3) is 2.45. The van der Waals surface area contributed by atoms with E-state index in [0.29, 0.717) is 36.2 Å². The van der Waals surface area contributed by atoms with Crippen LogP contribution in [-0.4, -0.2) is 24.0 Å². The van der Waals surface area contributed by atoms with Gasteiger partial charge >= 0.3 is 0 Å². The van der Waals surface area contributed by atoms with Crippen molar-refractivity contribution in [2.24, 2.45) is 0 Å². The molecule has 1 aliphatic rings. The minimum Gasteiger partial charge on any atom is -0.493 e. The predicted octanol–water partition coefficient (Wildman–Crippen LogP) is 1.10. The van der Waals surface area contributed by atoms with E-state index in [9.17, 15) is 0 Å². The van der Waals surface area contributed by atoms with Crippen LogP contribution in [0.3, 0.4) is 0 Å². The van der Waals surface area contributed by atoms with Gasteiger partial charge in [0.2, 0.25) is 18.9 Å². The molecule has 1 aromatic heterocycles. The van der Waals surface area contributed by atoms with Crippen LogP contribution in [0.5, 0.6) is 17.2 Å². The minimum absolute atomic E-state index is 0.228. The second-order valence-corrected chi connectivity index (χ2v) is 3.98. The van der Waals surface area contributed by atoms with E-state index in [1.165, 1.54) is 6.39 Å². The van der Waals surface area contributed by atoms with Gasteiger partial charge in [-0.1, -0.05) is 5.16 Å². The lowest BCUT2D eigenvalue weighted by Crippen LogP contribution is -2.13. The van der Waals surface area contributed by atoms with Gasteiger partial charge in [-0.25, -0.2) is 0 Å². The van der Waals surface area contributed by atoms with Gasteiger partial charge in [0.1, 0.15) is 0 Å². The molecule has 0 atom stereocenters. The zero-order chi connectivity index (χ0) is 13.1. The van der Waals surface area contributed by atoms with E-state index < -0.39 is 0 Å². The molecule has 0 bridgehead atoms. The van der Waals surface area contributed by atoms with E-state index in [1.54, 1.807) is 7.11 Å². The van der Waals surface area contributed by atoms with Crippen molar-refractivity contribution in [1.29, 1.82) is 0 Å². The summed E-state index contributed by atoms with van der Waals surface area (Å²) < 4.78 is 20.6. The summed E-state index contributed by atoms with van der Waals surface area (Å²) in [5, 5.41) is 6.93. The van der Waals surface area contributed by atoms with Crippen molar-refractivity contribution in [1.82, 2.24) is 15.5 Å². The van der Waals surface area contributed by atoms with Crippen LogP contribution in [-0.2, 0) is 13.1 Å². The number of fused-ring (bicyclic) bond motifs is 1. The Morgan fingerprint density at radius 3 is 3.05 bits per heavy atom. The molecule has 0 saturated carbocycles. The molecule has 100 valence electrons. The molecule has 2 heterocycles. The van der Waals surface area contributed by atoms with Crippen molar-refractivity contribution in [3.8, 4) is 17.2 Å². The molecule has 0 fully saturated rings. The zero-order valence-electron chi connectivity index (χ0n) is 10.4. The average molecular weight is 263 g/mol. The van der Waals surface area contributed by atoms with Crippen LogP contribution in [0.25, 0.3) is 0 Å². The molecular formula is C12H13N3O4. The fourth-order valence-corrected chi connectivity index (χ4v) is 1.87. The lowest BCUT2D eigenvalue weighted by atomic mass is 10.2. The van der Waals surface area contributed by atoms with Crippen LogP contribution >= 0.6 is 0 Å². The normalized spacial score (nSPS) is 12.7. The molecule has 0 amide bonds. The van der Waals surface area contributed by atoms with E-state index in [4.69, 9.17) is 14.2 Å². The van der Waals surface area contributed by atoms with E-state index in [0.717, 1.165) is 5.56 Å². The lowest BCUT2D eigenvalue weighted by Gasteiger charge is -2.08. The third-order valence-electron chi connectivity index (χ3n) is 2.74. The molecule has 0 radical (unpaired) electrons. The summed E-state index contributed by atoms with van der Waals surface area (Å²) in [6.07, 6.45) is 1.31. The summed E-state index contributed by atoms with van der Waals surface area (Å²) >= 11 is 0. The Hall–Kier alpha value is -2.28. The number of aromatic nitrogens is 2. The molecule has 0 saturated heterocycles. The van der Waals surface area contributed by atoms with Gasteiger partial charge in [-0.2, -0.15) is 4.98 Å². The van der Waals surface area contributed by atoms with Crippen molar-refractivity contribution >= 4 is 0 Å². The molecule has 1 aliphatic heterocycles. The largest absolute Gasteiger partial charge is 0.493 e. The third-order valence-corrected chi connectivity index (χ3v) is 2.74. The number of methoxy groups -OCH3 is 1. The Bertz CT molecular complexity index is 556. The number of ether oxygens (including phenoxy) is 3. The number of benzene rings is 1. The predicted molar refractivity (Wildman–Crippen MR) is 64.0 cm³/mol. The van der Waals surface area contributed by atoms with Crippen LogP contribution < -0.4 is 19.5 Å². The summed E-state index contributed by atoms with van der Waals surface area (Å²) in [6.45, 7) is 1.40. The number of hydrogen-bond acceptors (Lipinski definition) is 7. The number of hydrogen-bond donors (Lipinski definition) is 1. The molecule has 1 aromatic carbocycles. The van der Waals surface area contributed by atoms with Crippen LogP contribution in [0.15, 0.2) is 23.0 Å². The molecule has 2 aromatic rings. The van der Waals surface area contributed by atoms with E-state index in [-0.39, 0.29) is 6.79 Å². The van der Waals surface area contributed by atoms with Crippen molar-refractivity contribution in [2.45, 2.75) is 13.1 Å². The Morgan fingerprint density at radius 2 is 2.26 bits per heavy atom. The first-order chi connectivity index (χ1) is 9.36. The van der Waals surface area contributed by atoms with E-state index in [2.05, 4.69) is 20.0 Å². The summed E-state index contributed by atoms with van der Waals surface area (Å²) in [5.41, 5.74) is 1.03. The topological polar surface area (TPSA) is 78.6 Å². The first-order valence-electron chi connectivity index (χ1n) is 5.79. The van der Waals surface area contributed by atoms with Gasteiger partial charge in [-0.3, -0.25) is 0 Å². The van der Waals surface area contributed by atoms with Crippen LogP contribution in [0.2, 0.25) is 0 Å². The zero-order valence-corrected chi connectivity index (χ0v) is 10.4. The molecule has 1 N–H and O–H groups in total. The maximum absolute atomic E-state index is 5.36. The molecular weight excluding hydrogens is 250 g/mol. The minimum atomic E-state index is 0.228. The van der Waals surface area contributed by atoms with Crippen molar-refractivity contribution in [2.75, 3.05) is 13.9 Å². The van der Waals surface area contributed by atoms with Crippen molar-refractivity contribution in [3.05, 3.63) is 29.9 Å². The highest BCUT2D eigenvalue weighted by molar-refractivity contribution is 5.55. The fourth-order valence-electron chi connectivity index (χ4n) is 1.87. The molecule has 0 unspecified atom stereocenters. The van der Waals surface area contributed by atoms with E-state index >= 15 is 0 Å². The standard InChI is InChI=1S/C12H13N3O4/c1-16-9-2-8(3-10-12(9)18-7-17-10)4-13-5-11-14-6-19-15-11/h2-3,6,13H,4-5,7H2,1H3. The molecule has 19 heavy (non-hydrogen) atoms. The first kappa shape index (κ1) is 11.8. The van der Waals surface area contributed by atoms with Gasteiger partial charge in [0.05, 0.1) is 13.7 Å². The van der Waals surface area contributed by atoms with Gasteiger partial charge in [0.25, 0.3) is 0 Å². The van der Waals surface area contributed by atoms with Crippen molar-refractivity contribution < 1.29 is 18.7 Å². The van der Waals surface area contributed by atoms with Gasteiger partial charge in [-0.05, 0) is 17.7 Å². The van der Waals surface area contributed by atoms with Gasteiger partial charge < -0.3 is 24.1 Å². The van der Waals surface area contributed by atoms with Crippen LogP contribution in [0, 0.1) is 0 Å². The highest BCUT2D eigenvalue weighted by Crippen LogP contribution is 2.41. The Morgan fingerprint density at radius 1 is 1.32 bits per heavy atom. The SMILES string of the molecule is COc1cc(CNCc2ncon2)cc2c1OCO2. The number of nitrogens with zero attached hydrogens (tertiary/aromatic N) is 2. The van der Waals surface area contributed by atoms with Gasteiger partial charge in [0.15, 0.2) is 17.3 Å². The Kier molecular flexibility index (Phi) is 3.20. The van der Waals surface area contributed by atoms with Crippen LogP contribution in [0.4, 0.5) is 0 Å². The number of nitrogens with one attached hydrogen (secondary N) is 1. The smallest absolute Gasteiger partial charge is 0.231 e. The monoisotopic (exact) mass is 263 g/mol. The summed E-state index contributed by atoms with van der Waals surface area (Å²) in [7, 11) is 1.60. The van der Waals surface area contributed by atoms with Gasteiger partial charge in [-0.15, -0.1) is 0 Å². The lowest BCUT2D eigenvalue weighted by molar-refractivity contribution is 0.171. The Balaban J connectivity index is 1.68. The summed E-state index contributed by atoms with van der Waals surface area (Å²) in [6, 6.07) is 3.84. The Labute approximate surface area is 109 Å². The average Bonchev–Trinajstić information content (AvgIpc) is 3.08. The molecule has 3 rings (SSSR count). The fraction of sp³-hybridized carbons (Fsp3) is 0.333. The van der Waals surface area contributed by atoms with E-state index in [1.807, 2.05) is 12.1 Å². The summed E-state index contributed by atoms with van der Waals surface area (Å²) in [4.78, 5) is 3.93. The molecule has 0 spiro atoms. The highest BCUT2D eigenvalue weighted by atomic mass is 16.7. The molecule has 7 nitrogen and oxygen atoms in total. The van der Waals surface area contributed by atoms with Gasteiger partial charge in [0, 0.05) is 6.54 Å². The first-order valence-corrected chi connectivity index (χ1v) is 5.79. The quantitative estimate of drug-likeness (QED) is 0.865. The second-order valence-electron chi connectivity index (χ2n) is 3.98. The maximum Gasteiger partial charge on any atom is 0.231 e.